The molecule has 3 aromatic carbocycles. The molecule has 0 radical (unpaired) electrons. The van der Waals surface area contributed by atoms with E-state index < -0.39 is 0 Å². The highest BCUT2D eigenvalue weighted by atomic mass is 127. The van der Waals surface area contributed by atoms with E-state index in [1.165, 1.54) is 10.7 Å². The van der Waals surface area contributed by atoms with Crippen LogP contribution in [0.25, 0.3) is 10.9 Å². The van der Waals surface area contributed by atoms with Gasteiger partial charge in [-0.3, -0.25) is 4.79 Å². The predicted octanol–water partition coefficient (Wildman–Crippen LogP) is 6.28. The number of nitrogens with zero attached hydrogens (tertiary/aromatic N) is 3. The van der Waals surface area contributed by atoms with Crippen molar-refractivity contribution < 1.29 is 9.13 Å². The molecule has 0 fully saturated rings. The Morgan fingerprint density at radius 1 is 1.16 bits per heavy atom. The highest BCUT2D eigenvalue weighted by Crippen LogP contribution is 2.29. The summed E-state index contributed by atoms with van der Waals surface area (Å²) in [5.74, 6) is 0.880. The van der Waals surface area contributed by atoms with Crippen molar-refractivity contribution in [3.8, 4) is 5.75 Å². The van der Waals surface area contributed by atoms with Crippen LogP contribution in [0.1, 0.15) is 17.0 Å². The van der Waals surface area contributed by atoms with E-state index in [9.17, 15) is 9.18 Å². The molecule has 4 rings (SSSR count). The summed E-state index contributed by atoms with van der Waals surface area (Å²) in [7, 11) is 0. The molecule has 9 heteroatoms. The molecular weight excluding hydrogens is 703 g/mol. The number of ether oxygens (including phenoxy) is 1. The van der Waals surface area contributed by atoms with Crippen molar-refractivity contribution in [1.82, 2.24) is 9.66 Å². The second kappa shape index (κ2) is 9.96. The largest absolute Gasteiger partial charge is 0.487 e. The van der Waals surface area contributed by atoms with E-state index in [0.717, 1.165) is 17.2 Å². The topological polar surface area (TPSA) is 56.5 Å². The summed E-state index contributed by atoms with van der Waals surface area (Å²) in [6, 6.07) is 15.7. The number of benzene rings is 3. The van der Waals surface area contributed by atoms with Crippen molar-refractivity contribution in [1.29, 1.82) is 0 Å². The van der Waals surface area contributed by atoms with Gasteiger partial charge in [0.2, 0.25) is 0 Å². The monoisotopic (exact) mass is 717 g/mol. The Morgan fingerprint density at radius 3 is 2.59 bits per heavy atom. The van der Waals surface area contributed by atoms with E-state index >= 15 is 0 Å². The number of aromatic nitrogens is 2. The van der Waals surface area contributed by atoms with Crippen molar-refractivity contribution in [2.75, 3.05) is 0 Å². The highest BCUT2D eigenvalue weighted by Gasteiger charge is 2.11. The molecule has 0 bridgehead atoms. The Kier molecular flexibility index (Phi) is 7.25. The predicted molar refractivity (Wildman–Crippen MR) is 144 cm³/mol. The first-order chi connectivity index (χ1) is 15.3. The van der Waals surface area contributed by atoms with Crippen LogP contribution in [0.4, 0.5) is 4.39 Å². The van der Waals surface area contributed by atoms with Gasteiger partial charge in [-0.25, -0.2) is 9.37 Å². The standard InChI is InChI=1S/C23H15BrFI2N3O2/c1-13-29-21-7-6-16(24)10-17(21)23(31)30(13)28-11-14-8-19(26)22(20(27)9-14)32-12-15-4-2-3-5-18(15)25/h2-11H,12H2,1H3. The van der Waals surface area contributed by atoms with Crippen molar-refractivity contribution in [3.05, 3.63) is 99.3 Å². The minimum atomic E-state index is -0.293. The van der Waals surface area contributed by atoms with Crippen LogP contribution in [0.2, 0.25) is 0 Å². The SMILES string of the molecule is Cc1nc2ccc(Br)cc2c(=O)n1N=Cc1cc(I)c(OCc2ccccc2F)c(I)c1. The Hall–Kier alpha value is -1.86. The number of aryl methyl sites for hydroxylation is 1. The molecule has 0 atom stereocenters. The van der Waals surface area contributed by atoms with Gasteiger partial charge < -0.3 is 4.74 Å². The fraction of sp³-hybridized carbons (Fsp3) is 0.0870. The molecular formula is C23H15BrFI2N3O2. The van der Waals surface area contributed by atoms with E-state index in [-0.39, 0.29) is 18.0 Å². The lowest BCUT2D eigenvalue weighted by molar-refractivity contribution is 0.295. The minimum Gasteiger partial charge on any atom is -0.487 e. The minimum absolute atomic E-state index is 0.138. The Bertz CT molecular complexity index is 1400. The summed E-state index contributed by atoms with van der Waals surface area (Å²) < 4.78 is 23.6. The molecule has 1 heterocycles. The van der Waals surface area contributed by atoms with Crippen LogP contribution in [0.15, 0.2) is 69.0 Å². The summed E-state index contributed by atoms with van der Waals surface area (Å²) in [6.45, 7) is 1.88. The summed E-state index contributed by atoms with van der Waals surface area (Å²) in [6.07, 6.45) is 1.62. The summed E-state index contributed by atoms with van der Waals surface area (Å²) in [5.41, 5.74) is 1.69. The first kappa shape index (κ1) is 23.3. The molecule has 0 unspecified atom stereocenters. The first-order valence-corrected chi connectivity index (χ1v) is 12.4. The van der Waals surface area contributed by atoms with Gasteiger partial charge in [-0.05, 0) is 94.1 Å². The molecule has 0 saturated heterocycles. The van der Waals surface area contributed by atoms with Gasteiger partial charge in [-0.2, -0.15) is 9.78 Å². The lowest BCUT2D eigenvalue weighted by atomic mass is 10.2. The molecule has 5 nitrogen and oxygen atoms in total. The second-order valence-electron chi connectivity index (χ2n) is 6.88. The van der Waals surface area contributed by atoms with Gasteiger partial charge in [0.05, 0.1) is 24.3 Å². The quantitative estimate of drug-likeness (QED) is 0.181. The smallest absolute Gasteiger partial charge is 0.282 e. The molecule has 0 N–H and O–H groups in total. The second-order valence-corrected chi connectivity index (χ2v) is 10.1. The number of hydrogen-bond acceptors (Lipinski definition) is 4. The van der Waals surface area contributed by atoms with E-state index in [1.54, 1.807) is 43.5 Å². The van der Waals surface area contributed by atoms with Gasteiger partial charge in [0.25, 0.3) is 5.56 Å². The molecule has 1 aromatic heterocycles. The molecule has 0 aliphatic heterocycles. The average molecular weight is 718 g/mol. The Balaban J connectivity index is 1.62. The van der Waals surface area contributed by atoms with Gasteiger partial charge in [0.15, 0.2) is 0 Å². The average Bonchev–Trinajstić information content (AvgIpc) is 2.75. The summed E-state index contributed by atoms with van der Waals surface area (Å²) in [4.78, 5) is 17.4. The number of hydrogen-bond donors (Lipinski definition) is 0. The zero-order valence-electron chi connectivity index (χ0n) is 16.7. The highest BCUT2D eigenvalue weighted by molar-refractivity contribution is 14.1. The number of halogens is 4. The fourth-order valence-electron chi connectivity index (χ4n) is 3.08. The third-order valence-electron chi connectivity index (χ3n) is 4.64. The Labute approximate surface area is 219 Å². The van der Waals surface area contributed by atoms with Gasteiger partial charge in [-0.15, -0.1) is 0 Å². The lowest BCUT2D eigenvalue weighted by Gasteiger charge is -2.12. The van der Waals surface area contributed by atoms with Gasteiger partial charge in [0.1, 0.15) is 24.0 Å². The molecule has 0 saturated carbocycles. The maximum Gasteiger partial charge on any atom is 0.282 e. The van der Waals surface area contributed by atoms with Crippen molar-refractivity contribution >= 4 is 78.2 Å². The Morgan fingerprint density at radius 2 is 1.88 bits per heavy atom. The van der Waals surface area contributed by atoms with Crippen molar-refractivity contribution in [2.24, 2.45) is 5.10 Å². The molecule has 0 spiro atoms. The van der Waals surface area contributed by atoms with Crippen LogP contribution in [0.3, 0.4) is 0 Å². The van der Waals surface area contributed by atoms with Crippen LogP contribution in [0, 0.1) is 19.9 Å². The molecule has 4 aromatic rings. The number of rotatable bonds is 5. The van der Waals surface area contributed by atoms with Gasteiger partial charge in [-0.1, -0.05) is 34.1 Å². The molecule has 0 aliphatic rings. The normalized spacial score (nSPS) is 11.4. The molecule has 0 amide bonds. The van der Waals surface area contributed by atoms with E-state index in [2.05, 4.69) is 71.2 Å². The van der Waals surface area contributed by atoms with E-state index in [4.69, 9.17) is 4.74 Å². The van der Waals surface area contributed by atoms with Crippen LogP contribution >= 0.6 is 61.1 Å². The molecule has 0 aliphatic carbocycles. The van der Waals surface area contributed by atoms with Crippen LogP contribution < -0.4 is 10.3 Å². The summed E-state index contributed by atoms with van der Waals surface area (Å²) in [5, 5.41) is 4.87. The third kappa shape index (κ3) is 5.04. The maximum absolute atomic E-state index is 13.9. The number of fused-ring (bicyclic) bond motifs is 1. The van der Waals surface area contributed by atoms with Gasteiger partial charge in [0, 0.05) is 10.0 Å². The van der Waals surface area contributed by atoms with E-state index in [1.807, 2.05) is 18.2 Å². The van der Waals surface area contributed by atoms with Gasteiger partial charge >= 0.3 is 0 Å². The fourth-order valence-corrected chi connectivity index (χ4v) is 5.57. The van der Waals surface area contributed by atoms with Crippen LogP contribution in [0.5, 0.6) is 5.75 Å². The lowest BCUT2D eigenvalue weighted by Crippen LogP contribution is -2.20. The zero-order chi connectivity index (χ0) is 22.8. The third-order valence-corrected chi connectivity index (χ3v) is 6.74. The van der Waals surface area contributed by atoms with Crippen molar-refractivity contribution in [2.45, 2.75) is 13.5 Å². The zero-order valence-corrected chi connectivity index (χ0v) is 22.6. The molecule has 162 valence electrons. The van der Waals surface area contributed by atoms with Crippen LogP contribution in [-0.4, -0.2) is 15.9 Å². The van der Waals surface area contributed by atoms with Crippen LogP contribution in [-0.2, 0) is 6.61 Å². The van der Waals surface area contributed by atoms with Crippen molar-refractivity contribution in [3.63, 3.8) is 0 Å². The van der Waals surface area contributed by atoms with E-state index in [0.29, 0.717) is 28.0 Å². The summed E-state index contributed by atoms with van der Waals surface area (Å²) >= 11 is 7.74. The molecule has 32 heavy (non-hydrogen) atoms. The maximum atomic E-state index is 13.9. The first-order valence-electron chi connectivity index (χ1n) is 9.42.